The molecule has 0 bridgehead atoms. The zero-order valence-electron chi connectivity index (χ0n) is 7.73. The van der Waals surface area contributed by atoms with Crippen LogP contribution in [0.4, 0.5) is 5.69 Å². The van der Waals surface area contributed by atoms with Crippen LogP contribution in [0.5, 0.6) is 5.75 Å². The molecule has 4 nitrogen and oxygen atoms in total. The van der Waals surface area contributed by atoms with Crippen LogP contribution in [0.25, 0.3) is 0 Å². The van der Waals surface area contributed by atoms with E-state index < -0.39 is 4.92 Å². The second-order valence-corrected chi connectivity index (χ2v) is 1.75. The van der Waals surface area contributed by atoms with Gasteiger partial charge >= 0.3 is 54.6 Å². The van der Waals surface area contributed by atoms with E-state index in [1.807, 2.05) is 0 Å². The van der Waals surface area contributed by atoms with Crippen LogP contribution >= 0.6 is 0 Å². The van der Waals surface area contributed by atoms with Gasteiger partial charge < -0.3 is 7.96 Å². The molecule has 1 N–H and O–H groups in total. The summed E-state index contributed by atoms with van der Waals surface area (Å²) >= 11 is 0. The number of benzene rings is 1. The van der Waals surface area contributed by atoms with Gasteiger partial charge in [0, 0.05) is 6.07 Å². The molecule has 0 radical (unpaired) electrons. The summed E-state index contributed by atoms with van der Waals surface area (Å²) in [7, 11) is 0. The fourth-order valence-electron chi connectivity index (χ4n) is 0.619. The fourth-order valence-corrected chi connectivity index (χ4v) is 0.619. The monoisotopic (exact) mass is 279 g/mol. The normalized spacial score (nSPS) is 8.36. The molecule has 0 aliphatic rings. The molecule has 0 amide bonds. The van der Waals surface area contributed by atoms with Crippen LogP contribution < -0.4 is 0 Å². The molecule has 0 saturated heterocycles. The van der Waals surface area contributed by atoms with Crippen molar-refractivity contribution in [2.45, 2.75) is 0 Å². The van der Waals surface area contributed by atoms with Crippen molar-refractivity contribution in [2.75, 3.05) is 0 Å². The Kier molecular flexibility index (Phi) is 4.78. The van der Waals surface area contributed by atoms with Crippen molar-refractivity contribution in [3.63, 3.8) is 0 Å². The number of nitro benzene ring substituents is 1. The van der Waals surface area contributed by atoms with Crippen LogP contribution in [0.3, 0.4) is 0 Å². The van der Waals surface area contributed by atoms with Crippen LogP contribution in [0.1, 0.15) is 2.85 Å². The number of phenolic OH excluding ortho intramolecular Hbond substituents is 1. The molecule has 56 valence electrons. The Bertz CT molecular complexity index is 272. The van der Waals surface area contributed by atoms with Gasteiger partial charge in [0.05, 0.1) is 4.92 Å². The quantitative estimate of drug-likeness (QED) is 0.476. The zero-order chi connectivity index (χ0) is 7.56. The minimum absolute atomic E-state index is 0. The summed E-state index contributed by atoms with van der Waals surface area (Å²) in [5.41, 5.74) is -0.262. The third-order valence-corrected chi connectivity index (χ3v) is 1.08. The average molecular weight is 278 g/mol. The number of nitrogens with zero attached hydrogens (tertiary/aromatic N) is 1. The van der Waals surface area contributed by atoms with Gasteiger partial charge in [-0.15, -0.1) is 0 Å². The first-order valence-corrected chi connectivity index (χ1v) is 2.64. The second kappa shape index (κ2) is 4.79. The molecule has 0 atom stereocenters. The number of para-hydroxylation sites is 2. The van der Waals surface area contributed by atoms with E-state index in [1.54, 1.807) is 0 Å². The summed E-state index contributed by atoms with van der Waals surface area (Å²) in [5.74, 6) is -0.299. The fraction of sp³-hybridized carbons (Fsp3) is 0. The Morgan fingerprint density at radius 1 is 1.45 bits per heavy atom. The molecule has 0 unspecified atom stereocenters. The second-order valence-electron chi connectivity index (χ2n) is 1.75. The number of hydrogen-bond acceptors (Lipinski definition) is 3. The van der Waals surface area contributed by atoms with E-state index in [0.717, 1.165) is 0 Å². The summed E-state index contributed by atoms with van der Waals surface area (Å²) in [6, 6.07) is 5.55. The molecular weight excluding hydrogens is 271 g/mol. The summed E-state index contributed by atoms with van der Waals surface area (Å²) in [4.78, 5) is 9.44. The zero-order valence-corrected chi connectivity index (χ0v) is 10.2. The van der Waals surface area contributed by atoms with Crippen molar-refractivity contribution in [1.82, 2.24) is 0 Å². The molecule has 0 saturated carbocycles. The van der Waals surface area contributed by atoms with Crippen molar-refractivity contribution in [3.8, 4) is 5.75 Å². The van der Waals surface area contributed by atoms with Gasteiger partial charge in [0.15, 0.2) is 5.75 Å². The van der Waals surface area contributed by atoms with Crippen molar-refractivity contribution in [1.29, 1.82) is 0 Å². The molecular formula is C6H7BaNO3. The first-order valence-electron chi connectivity index (χ1n) is 2.64. The SMILES string of the molecule is O=[N+]([O-])c1ccccc1O.[Ba+2].[H-].[H-]. The summed E-state index contributed by atoms with van der Waals surface area (Å²) in [5, 5.41) is 18.9. The van der Waals surface area contributed by atoms with Gasteiger partial charge in [0.2, 0.25) is 0 Å². The van der Waals surface area contributed by atoms with Gasteiger partial charge in [-0.2, -0.15) is 0 Å². The molecule has 0 aromatic heterocycles. The smallest absolute Gasteiger partial charge is 1.00 e. The van der Waals surface area contributed by atoms with Crippen molar-refractivity contribution in [2.24, 2.45) is 0 Å². The molecule has 0 fully saturated rings. The number of phenols is 1. The Morgan fingerprint density at radius 3 is 2.36 bits per heavy atom. The van der Waals surface area contributed by atoms with E-state index in [0.29, 0.717) is 0 Å². The van der Waals surface area contributed by atoms with E-state index in [1.165, 1.54) is 24.3 Å². The van der Waals surface area contributed by atoms with Gasteiger partial charge in [-0.05, 0) is 6.07 Å². The maximum atomic E-state index is 10.1. The minimum atomic E-state index is -0.630. The van der Waals surface area contributed by atoms with Gasteiger partial charge in [-0.1, -0.05) is 12.1 Å². The largest absolute Gasteiger partial charge is 2.00 e. The summed E-state index contributed by atoms with van der Waals surface area (Å²) in [6.45, 7) is 0. The third-order valence-electron chi connectivity index (χ3n) is 1.08. The predicted molar refractivity (Wildman–Crippen MR) is 42.7 cm³/mol. The number of nitro groups is 1. The molecule has 11 heavy (non-hydrogen) atoms. The predicted octanol–water partition coefficient (Wildman–Crippen LogP) is 1.14. The van der Waals surface area contributed by atoms with Gasteiger partial charge in [-0.25, -0.2) is 0 Å². The Morgan fingerprint density at radius 2 is 2.00 bits per heavy atom. The van der Waals surface area contributed by atoms with Crippen molar-refractivity contribution < 1.29 is 12.9 Å². The van der Waals surface area contributed by atoms with Gasteiger partial charge in [-0.3, -0.25) is 10.1 Å². The van der Waals surface area contributed by atoms with Crippen LogP contribution in [0.15, 0.2) is 24.3 Å². The van der Waals surface area contributed by atoms with Crippen molar-refractivity contribution in [3.05, 3.63) is 34.4 Å². The Balaban J connectivity index is -0.000000333. The first kappa shape index (κ1) is 11.0. The molecule has 0 heterocycles. The summed E-state index contributed by atoms with van der Waals surface area (Å²) < 4.78 is 0. The van der Waals surface area contributed by atoms with E-state index in [2.05, 4.69) is 0 Å². The van der Waals surface area contributed by atoms with Crippen LogP contribution in [-0.4, -0.2) is 58.9 Å². The van der Waals surface area contributed by atoms with E-state index in [9.17, 15) is 10.1 Å². The minimum Gasteiger partial charge on any atom is -1.00 e. The van der Waals surface area contributed by atoms with Gasteiger partial charge in [0.25, 0.3) is 0 Å². The Labute approximate surface area is 106 Å². The average Bonchev–Trinajstić information content (AvgIpc) is 1.88. The maximum absolute atomic E-state index is 10.1. The third kappa shape index (κ3) is 2.84. The number of hydrogen-bond donors (Lipinski definition) is 1. The molecule has 0 aliphatic heterocycles. The van der Waals surface area contributed by atoms with E-state index >= 15 is 0 Å². The standard InChI is InChI=1S/C6H5NO3.Ba.2H/c8-6-4-2-1-3-5(6)7(9)10;;;/h1-4,8H;;;/q;+2;2*-1. The van der Waals surface area contributed by atoms with Crippen molar-refractivity contribution >= 4 is 54.6 Å². The van der Waals surface area contributed by atoms with Gasteiger partial charge in [0.1, 0.15) is 0 Å². The number of aromatic hydroxyl groups is 1. The van der Waals surface area contributed by atoms with Crippen LogP contribution in [-0.2, 0) is 0 Å². The summed E-state index contributed by atoms with van der Waals surface area (Å²) in [6.07, 6.45) is 0. The molecule has 0 aliphatic carbocycles. The molecule has 1 aromatic rings. The van der Waals surface area contributed by atoms with Crippen LogP contribution in [0.2, 0.25) is 0 Å². The molecule has 5 heteroatoms. The van der Waals surface area contributed by atoms with Crippen LogP contribution in [0, 0.1) is 10.1 Å². The molecule has 0 spiro atoms. The Hall–Kier alpha value is -0.00857. The first-order chi connectivity index (χ1) is 4.72. The molecule has 1 aromatic carbocycles. The maximum Gasteiger partial charge on any atom is 2.00 e. The van der Waals surface area contributed by atoms with E-state index in [-0.39, 0.29) is 63.2 Å². The van der Waals surface area contributed by atoms with E-state index in [4.69, 9.17) is 5.11 Å². The molecule has 1 rings (SSSR count). The number of rotatable bonds is 1. The topological polar surface area (TPSA) is 63.4 Å².